The highest BCUT2D eigenvalue weighted by molar-refractivity contribution is 6.16. The first-order valence-corrected chi connectivity index (χ1v) is 13.8. The number of hydrogen-bond donors (Lipinski definition) is 2. The SMILES string of the molecule is CN=C(c1ccc(C(=O)Nc2ncco2)cc1)c1c(C)ncnc1N.C[C@@H]1CCN(C(=O)/C=C/CN(C)C2CC2)C1. The highest BCUT2D eigenvalue weighted by Gasteiger charge is 2.25. The van der Waals surface area contributed by atoms with Gasteiger partial charge in [0.1, 0.15) is 18.4 Å². The van der Waals surface area contributed by atoms with Gasteiger partial charge in [0.15, 0.2) is 0 Å². The molecule has 216 valence electrons. The molecule has 0 bridgehead atoms. The number of likely N-dealkylation sites (N-methyl/N-ethyl adjacent to an activating group) is 1. The summed E-state index contributed by atoms with van der Waals surface area (Å²) in [5.74, 6) is 0.904. The number of amides is 2. The molecule has 3 N–H and O–H groups in total. The lowest BCUT2D eigenvalue weighted by Gasteiger charge is -2.14. The fourth-order valence-corrected chi connectivity index (χ4v) is 4.63. The lowest BCUT2D eigenvalue weighted by Crippen LogP contribution is -2.27. The molecule has 2 aromatic heterocycles. The molecule has 1 saturated heterocycles. The van der Waals surface area contributed by atoms with Gasteiger partial charge in [0, 0.05) is 49.9 Å². The standard InChI is InChI=1S/C17H16N6O2.C13H22N2O/c1-10-13(15(18)22-9-21-10)14(19-2)11-3-5-12(6-4-11)16(24)23-17-20-7-8-25-17;1-11-7-9-15(10-11)13(16)4-3-8-14(2)12-5-6-12/h3-9H,1-2H3,(H2,18,21,22)(H,20,23,24);3-4,11-12H,5-10H2,1-2H3/b;4-3+/t;11-/m.1/s1. The van der Waals surface area contributed by atoms with Crippen molar-refractivity contribution in [1.29, 1.82) is 0 Å². The van der Waals surface area contributed by atoms with Crippen molar-refractivity contribution in [1.82, 2.24) is 24.8 Å². The molecular formula is C30H38N8O3. The lowest BCUT2D eigenvalue weighted by molar-refractivity contribution is -0.125. The van der Waals surface area contributed by atoms with E-state index in [1.807, 2.05) is 17.9 Å². The number of aryl methyl sites for hydroxylation is 1. The summed E-state index contributed by atoms with van der Waals surface area (Å²) in [4.78, 5) is 44.6. The number of nitrogens with two attached hydrogens (primary N) is 1. The minimum atomic E-state index is -0.317. The van der Waals surface area contributed by atoms with Crippen LogP contribution in [0.15, 0.2) is 64.6 Å². The molecule has 1 atom stereocenters. The Hall–Kier alpha value is -4.38. The summed E-state index contributed by atoms with van der Waals surface area (Å²) in [5.41, 5.74) is 9.32. The number of aromatic nitrogens is 3. The number of likely N-dealkylation sites (tertiary alicyclic amines) is 1. The highest BCUT2D eigenvalue weighted by atomic mass is 16.4. The summed E-state index contributed by atoms with van der Waals surface area (Å²) in [6.07, 6.45) is 11.8. The molecule has 41 heavy (non-hydrogen) atoms. The molecular weight excluding hydrogens is 520 g/mol. The third-order valence-corrected chi connectivity index (χ3v) is 7.16. The number of anilines is 2. The van der Waals surface area contributed by atoms with E-state index < -0.39 is 0 Å². The van der Waals surface area contributed by atoms with E-state index in [1.165, 1.54) is 31.6 Å². The molecule has 5 rings (SSSR count). The van der Waals surface area contributed by atoms with Gasteiger partial charge >= 0.3 is 6.01 Å². The molecule has 2 aliphatic rings. The highest BCUT2D eigenvalue weighted by Crippen LogP contribution is 2.25. The van der Waals surface area contributed by atoms with Crippen LogP contribution in [0.2, 0.25) is 0 Å². The second-order valence-corrected chi connectivity index (χ2v) is 10.4. The molecule has 1 aliphatic carbocycles. The Balaban J connectivity index is 0.000000208. The average molecular weight is 559 g/mol. The van der Waals surface area contributed by atoms with E-state index in [1.54, 1.807) is 37.4 Å². The smallest absolute Gasteiger partial charge is 0.301 e. The Kier molecular flexibility index (Phi) is 9.96. The lowest BCUT2D eigenvalue weighted by atomic mass is 10.00. The van der Waals surface area contributed by atoms with Gasteiger partial charge in [-0.1, -0.05) is 25.1 Å². The van der Waals surface area contributed by atoms with Crippen molar-refractivity contribution >= 4 is 29.4 Å². The van der Waals surface area contributed by atoms with Gasteiger partial charge in [0.05, 0.1) is 23.2 Å². The van der Waals surface area contributed by atoms with Gasteiger partial charge in [-0.2, -0.15) is 0 Å². The number of rotatable bonds is 8. The van der Waals surface area contributed by atoms with Crippen LogP contribution in [-0.2, 0) is 4.79 Å². The number of nitrogens with zero attached hydrogens (tertiary/aromatic N) is 6. The topological polar surface area (TPSA) is 143 Å². The molecule has 1 aromatic carbocycles. The van der Waals surface area contributed by atoms with Gasteiger partial charge in [-0.05, 0) is 51.3 Å². The van der Waals surface area contributed by atoms with Crippen molar-refractivity contribution in [2.24, 2.45) is 10.9 Å². The fraction of sp³-hybridized carbons (Fsp3) is 0.400. The molecule has 11 heteroatoms. The van der Waals surface area contributed by atoms with E-state index >= 15 is 0 Å². The van der Waals surface area contributed by atoms with Gasteiger partial charge < -0.3 is 15.1 Å². The van der Waals surface area contributed by atoms with Crippen LogP contribution in [0.5, 0.6) is 0 Å². The molecule has 1 aliphatic heterocycles. The minimum absolute atomic E-state index is 0.148. The van der Waals surface area contributed by atoms with Crippen LogP contribution in [0.4, 0.5) is 11.8 Å². The van der Waals surface area contributed by atoms with Crippen molar-refractivity contribution in [2.75, 3.05) is 44.8 Å². The molecule has 0 radical (unpaired) electrons. The monoisotopic (exact) mass is 558 g/mol. The Bertz CT molecular complexity index is 1360. The summed E-state index contributed by atoms with van der Waals surface area (Å²) in [6.45, 7) is 6.82. The van der Waals surface area contributed by atoms with Gasteiger partial charge in [0.25, 0.3) is 5.91 Å². The second-order valence-electron chi connectivity index (χ2n) is 10.4. The van der Waals surface area contributed by atoms with Crippen molar-refractivity contribution in [2.45, 2.75) is 39.2 Å². The van der Waals surface area contributed by atoms with Crippen LogP contribution < -0.4 is 11.1 Å². The largest absolute Gasteiger partial charge is 0.432 e. The van der Waals surface area contributed by atoms with Crippen LogP contribution in [0.1, 0.15) is 53.4 Å². The van der Waals surface area contributed by atoms with Gasteiger partial charge in [0.2, 0.25) is 5.91 Å². The van der Waals surface area contributed by atoms with Crippen LogP contribution in [-0.4, -0.2) is 82.0 Å². The maximum atomic E-state index is 12.2. The number of oxazole rings is 1. The zero-order valence-corrected chi connectivity index (χ0v) is 24.1. The first kappa shape index (κ1) is 29.6. The number of carbonyl (C=O) groups is 2. The van der Waals surface area contributed by atoms with Crippen molar-refractivity contribution in [3.8, 4) is 0 Å². The molecule has 2 amide bonds. The minimum Gasteiger partial charge on any atom is -0.432 e. The molecule has 1 saturated carbocycles. The van der Waals surface area contributed by atoms with Gasteiger partial charge in [-0.25, -0.2) is 15.0 Å². The predicted octanol–water partition coefficient (Wildman–Crippen LogP) is 3.58. The summed E-state index contributed by atoms with van der Waals surface area (Å²) < 4.78 is 5.00. The summed E-state index contributed by atoms with van der Waals surface area (Å²) in [7, 11) is 3.80. The Morgan fingerprint density at radius 1 is 1.17 bits per heavy atom. The summed E-state index contributed by atoms with van der Waals surface area (Å²) >= 11 is 0. The number of carbonyl (C=O) groups excluding carboxylic acids is 2. The number of aliphatic imine (C=N–C) groups is 1. The Morgan fingerprint density at radius 3 is 2.49 bits per heavy atom. The Labute approximate surface area is 240 Å². The molecule has 3 aromatic rings. The average Bonchev–Trinajstić information content (AvgIpc) is 3.53. The van der Waals surface area contributed by atoms with E-state index in [-0.39, 0.29) is 17.8 Å². The van der Waals surface area contributed by atoms with Crippen molar-refractivity contribution < 1.29 is 14.0 Å². The number of hydrogen-bond acceptors (Lipinski definition) is 9. The molecule has 3 heterocycles. The van der Waals surface area contributed by atoms with Gasteiger partial charge in [-0.15, -0.1) is 0 Å². The quantitative estimate of drug-likeness (QED) is 0.316. The van der Waals surface area contributed by atoms with E-state index in [4.69, 9.17) is 10.2 Å². The van der Waals surface area contributed by atoms with E-state index in [0.29, 0.717) is 28.6 Å². The summed E-state index contributed by atoms with van der Waals surface area (Å²) in [6, 6.07) is 7.88. The zero-order chi connectivity index (χ0) is 29.4. The third kappa shape index (κ3) is 8.07. The third-order valence-electron chi connectivity index (χ3n) is 7.16. The maximum Gasteiger partial charge on any atom is 0.301 e. The number of nitrogen functional groups attached to an aromatic ring is 1. The van der Waals surface area contributed by atoms with E-state index in [9.17, 15) is 9.59 Å². The molecule has 0 spiro atoms. The Morgan fingerprint density at radius 2 is 1.90 bits per heavy atom. The van der Waals surface area contributed by atoms with E-state index in [2.05, 4.69) is 44.1 Å². The first-order chi connectivity index (χ1) is 19.8. The first-order valence-electron chi connectivity index (χ1n) is 13.8. The van der Waals surface area contributed by atoms with Crippen molar-refractivity contribution in [3.63, 3.8) is 0 Å². The molecule has 0 unspecified atom stereocenters. The van der Waals surface area contributed by atoms with Crippen molar-refractivity contribution in [3.05, 3.63) is 77.6 Å². The van der Waals surface area contributed by atoms with Crippen LogP contribution >= 0.6 is 0 Å². The predicted molar refractivity (Wildman–Crippen MR) is 159 cm³/mol. The second kappa shape index (κ2) is 13.8. The van der Waals surface area contributed by atoms with Crippen LogP contribution in [0, 0.1) is 12.8 Å². The zero-order valence-electron chi connectivity index (χ0n) is 24.1. The van der Waals surface area contributed by atoms with Crippen LogP contribution in [0.3, 0.4) is 0 Å². The van der Waals surface area contributed by atoms with Crippen LogP contribution in [0.25, 0.3) is 0 Å². The summed E-state index contributed by atoms with van der Waals surface area (Å²) in [5, 5.41) is 2.56. The fourth-order valence-electron chi connectivity index (χ4n) is 4.63. The number of benzene rings is 1. The normalized spacial score (nSPS) is 17.0. The van der Waals surface area contributed by atoms with E-state index in [0.717, 1.165) is 43.4 Å². The maximum absolute atomic E-state index is 12.2. The number of nitrogens with one attached hydrogen (secondary N) is 1. The molecule has 2 fully saturated rings. The van der Waals surface area contributed by atoms with Gasteiger partial charge in [-0.3, -0.25) is 24.8 Å². The molecule has 11 nitrogen and oxygen atoms in total.